The van der Waals surface area contributed by atoms with Crippen molar-refractivity contribution in [2.45, 2.75) is 37.9 Å². The van der Waals surface area contributed by atoms with E-state index in [9.17, 15) is 17.6 Å². The fourth-order valence-corrected chi connectivity index (χ4v) is 3.93. The first-order chi connectivity index (χ1) is 11.0. The summed E-state index contributed by atoms with van der Waals surface area (Å²) < 4.78 is 52.8. The molecule has 2 aliphatic rings. The van der Waals surface area contributed by atoms with E-state index in [0.29, 0.717) is 17.5 Å². The Labute approximate surface area is 158 Å². The molecule has 0 bridgehead atoms. The van der Waals surface area contributed by atoms with Gasteiger partial charge in [-0.25, -0.2) is 4.39 Å². The molecule has 0 unspecified atom stereocenters. The molecular formula is C17H24Cl2F4N2. The molecule has 1 aliphatic carbocycles. The molecule has 2 nitrogen and oxygen atoms in total. The maximum Gasteiger partial charge on any atom is 0.416 e. The van der Waals surface area contributed by atoms with Crippen LogP contribution in [0.3, 0.4) is 0 Å². The number of benzene rings is 1. The maximum atomic E-state index is 14.5. The van der Waals surface area contributed by atoms with Gasteiger partial charge in [-0.15, -0.1) is 24.8 Å². The summed E-state index contributed by atoms with van der Waals surface area (Å²) in [5, 5.41) is 3.27. The van der Waals surface area contributed by atoms with Gasteiger partial charge in [-0.3, -0.25) is 4.90 Å². The smallest absolute Gasteiger partial charge is 0.314 e. The monoisotopic (exact) mass is 402 g/mol. The molecule has 25 heavy (non-hydrogen) atoms. The fourth-order valence-electron chi connectivity index (χ4n) is 3.93. The van der Waals surface area contributed by atoms with Crippen molar-refractivity contribution in [2.24, 2.45) is 5.92 Å². The molecule has 2 fully saturated rings. The summed E-state index contributed by atoms with van der Waals surface area (Å²) >= 11 is 0. The topological polar surface area (TPSA) is 15.3 Å². The first kappa shape index (κ1) is 22.5. The van der Waals surface area contributed by atoms with E-state index in [0.717, 1.165) is 57.9 Å². The number of rotatable bonds is 3. The third-order valence-electron chi connectivity index (χ3n) is 5.04. The first-order valence-electron chi connectivity index (χ1n) is 8.28. The lowest BCUT2D eigenvalue weighted by Crippen LogP contribution is -2.47. The highest BCUT2D eigenvalue weighted by Crippen LogP contribution is 2.41. The van der Waals surface area contributed by atoms with Crippen LogP contribution in [0.25, 0.3) is 0 Å². The number of piperazine rings is 1. The minimum absolute atomic E-state index is 0. The van der Waals surface area contributed by atoms with E-state index in [1.54, 1.807) is 0 Å². The maximum absolute atomic E-state index is 14.5. The number of halogens is 6. The highest BCUT2D eigenvalue weighted by atomic mass is 35.5. The van der Waals surface area contributed by atoms with Crippen LogP contribution in [-0.2, 0) is 6.18 Å². The second-order valence-electron chi connectivity index (χ2n) is 6.51. The normalized spacial score (nSPS) is 20.6. The molecule has 3 rings (SSSR count). The molecule has 0 amide bonds. The van der Waals surface area contributed by atoms with E-state index in [4.69, 9.17) is 0 Å². The van der Waals surface area contributed by atoms with Crippen LogP contribution < -0.4 is 5.32 Å². The minimum Gasteiger partial charge on any atom is -0.314 e. The third-order valence-corrected chi connectivity index (χ3v) is 5.04. The van der Waals surface area contributed by atoms with Crippen molar-refractivity contribution in [3.63, 3.8) is 0 Å². The average Bonchev–Trinajstić information content (AvgIpc) is 3.03. The zero-order valence-corrected chi connectivity index (χ0v) is 15.5. The SMILES string of the molecule is Cl.Cl.Fc1cc(C(F)(F)F)ccc1[C@@H](C1CCCC1)N1CCNCC1. The van der Waals surface area contributed by atoms with Crippen LogP contribution in [0.1, 0.15) is 42.9 Å². The Hall–Kier alpha value is -0.560. The molecule has 1 atom stereocenters. The molecule has 1 aromatic carbocycles. The number of alkyl halides is 3. The molecule has 1 saturated carbocycles. The summed E-state index contributed by atoms with van der Waals surface area (Å²) in [6, 6.07) is 2.91. The van der Waals surface area contributed by atoms with Gasteiger partial charge >= 0.3 is 6.18 Å². The minimum atomic E-state index is -4.50. The van der Waals surface area contributed by atoms with E-state index in [2.05, 4.69) is 10.2 Å². The Bertz CT molecular complexity index is 542. The predicted molar refractivity (Wildman–Crippen MR) is 95.0 cm³/mol. The number of hydrogen-bond donors (Lipinski definition) is 1. The van der Waals surface area contributed by atoms with Gasteiger partial charge in [-0.05, 0) is 30.9 Å². The lowest BCUT2D eigenvalue weighted by Gasteiger charge is -2.38. The van der Waals surface area contributed by atoms with Gasteiger partial charge in [-0.2, -0.15) is 13.2 Å². The predicted octanol–water partition coefficient (Wildman–Crippen LogP) is 4.82. The summed E-state index contributed by atoms with van der Waals surface area (Å²) in [7, 11) is 0. The van der Waals surface area contributed by atoms with Crippen LogP contribution in [0.15, 0.2) is 18.2 Å². The first-order valence-corrected chi connectivity index (χ1v) is 8.28. The Morgan fingerprint density at radius 2 is 1.64 bits per heavy atom. The average molecular weight is 403 g/mol. The van der Waals surface area contributed by atoms with Crippen molar-refractivity contribution >= 4 is 24.8 Å². The molecule has 1 aromatic rings. The molecule has 0 aromatic heterocycles. The summed E-state index contributed by atoms with van der Waals surface area (Å²) in [6.45, 7) is 3.29. The van der Waals surface area contributed by atoms with Crippen LogP contribution in [0, 0.1) is 11.7 Å². The highest BCUT2D eigenvalue weighted by molar-refractivity contribution is 5.85. The van der Waals surface area contributed by atoms with Crippen molar-refractivity contribution < 1.29 is 17.6 Å². The van der Waals surface area contributed by atoms with E-state index < -0.39 is 17.6 Å². The molecule has 144 valence electrons. The van der Waals surface area contributed by atoms with E-state index in [1.165, 1.54) is 6.07 Å². The van der Waals surface area contributed by atoms with Crippen molar-refractivity contribution in [3.05, 3.63) is 35.1 Å². The Balaban J connectivity index is 0.00000156. The van der Waals surface area contributed by atoms with Crippen LogP contribution in [0.5, 0.6) is 0 Å². The third kappa shape index (κ3) is 5.22. The van der Waals surface area contributed by atoms with Crippen molar-refractivity contribution in [1.82, 2.24) is 10.2 Å². The van der Waals surface area contributed by atoms with Crippen LogP contribution >= 0.6 is 24.8 Å². The van der Waals surface area contributed by atoms with Gasteiger partial charge in [0.1, 0.15) is 5.82 Å². The van der Waals surface area contributed by atoms with Crippen LogP contribution in [0.4, 0.5) is 17.6 Å². The zero-order chi connectivity index (χ0) is 16.4. The molecule has 0 spiro atoms. The van der Waals surface area contributed by atoms with Gasteiger partial charge in [0, 0.05) is 37.8 Å². The second-order valence-corrected chi connectivity index (χ2v) is 6.51. The Morgan fingerprint density at radius 1 is 1.04 bits per heavy atom. The molecule has 8 heteroatoms. The van der Waals surface area contributed by atoms with Gasteiger partial charge in [0.25, 0.3) is 0 Å². The van der Waals surface area contributed by atoms with Gasteiger partial charge in [-0.1, -0.05) is 18.9 Å². The number of hydrogen-bond acceptors (Lipinski definition) is 2. The van der Waals surface area contributed by atoms with Gasteiger partial charge in [0.05, 0.1) is 5.56 Å². The molecule has 1 saturated heterocycles. The van der Waals surface area contributed by atoms with Crippen molar-refractivity contribution in [2.75, 3.05) is 26.2 Å². The van der Waals surface area contributed by atoms with Gasteiger partial charge in [0.15, 0.2) is 0 Å². The van der Waals surface area contributed by atoms with Crippen molar-refractivity contribution in [1.29, 1.82) is 0 Å². The quantitative estimate of drug-likeness (QED) is 0.728. The van der Waals surface area contributed by atoms with E-state index >= 15 is 0 Å². The summed E-state index contributed by atoms with van der Waals surface area (Å²) in [6.07, 6.45) is -0.216. The summed E-state index contributed by atoms with van der Waals surface area (Å²) in [4.78, 5) is 2.23. The van der Waals surface area contributed by atoms with Gasteiger partial charge < -0.3 is 5.32 Å². The largest absolute Gasteiger partial charge is 0.416 e. The van der Waals surface area contributed by atoms with Gasteiger partial charge in [0.2, 0.25) is 0 Å². The Kier molecular flexibility index (Phi) is 8.45. The molecule has 1 aliphatic heterocycles. The lowest BCUT2D eigenvalue weighted by atomic mass is 9.89. The molecule has 1 N–H and O–H groups in total. The zero-order valence-electron chi connectivity index (χ0n) is 13.8. The van der Waals surface area contributed by atoms with Crippen LogP contribution in [-0.4, -0.2) is 31.1 Å². The second kappa shape index (κ2) is 9.40. The number of nitrogens with one attached hydrogen (secondary N) is 1. The van der Waals surface area contributed by atoms with E-state index in [1.807, 2.05) is 0 Å². The standard InChI is InChI=1S/C17H22F4N2.2ClH/c18-15-11-13(17(19,20)21)5-6-14(15)16(12-3-1-2-4-12)23-9-7-22-8-10-23;;/h5-6,11-12,16,22H,1-4,7-10H2;2*1H/t16-;;/m1../s1. The van der Waals surface area contributed by atoms with E-state index in [-0.39, 0.29) is 30.9 Å². The lowest BCUT2D eigenvalue weighted by molar-refractivity contribution is -0.137. The Morgan fingerprint density at radius 3 is 2.16 bits per heavy atom. The summed E-state index contributed by atoms with van der Waals surface area (Å²) in [5.41, 5.74) is -0.490. The fraction of sp³-hybridized carbons (Fsp3) is 0.647. The summed E-state index contributed by atoms with van der Waals surface area (Å²) in [5.74, 6) is -0.394. The molecule has 1 heterocycles. The number of nitrogens with zero attached hydrogens (tertiary/aromatic N) is 1. The highest BCUT2D eigenvalue weighted by Gasteiger charge is 2.36. The molecule has 0 radical (unpaired) electrons. The van der Waals surface area contributed by atoms with Crippen molar-refractivity contribution in [3.8, 4) is 0 Å². The van der Waals surface area contributed by atoms with Crippen LogP contribution in [0.2, 0.25) is 0 Å². The molecular weight excluding hydrogens is 379 g/mol.